The highest BCUT2D eigenvalue weighted by Gasteiger charge is 2.38. The number of para-hydroxylation sites is 3. The molecule has 0 aromatic heterocycles. The quantitative estimate of drug-likeness (QED) is 0.212. The fourth-order valence-corrected chi connectivity index (χ4v) is 4.05. The van der Waals surface area contributed by atoms with E-state index < -0.39 is 60.4 Å². The van der Waals surface area contributed by atoms with Crippen molar-refractivity contribution < 1.29 is 43.4 Å². The monoisotopic (exact) mass is 538 g/mol. The van der Waals surface area contributed by atoms with Crippen LogP contribution in [0.4, 0.5) is 11.4 Å². The molecular weight excluding hydrogens is 512 g/mol. The predicted octanol–water partition coefficient (Wildman–Crippen LogP) is -0.0792. The Bertz CT molecular complexity index is 1330. The van der Waals surface area contributed by atoms with Crippen LogP contribution in [0.3, 0.4) is 0 Å². The number of hydrogen-bond donors (Lipinski definition) is 3. The summed E-state index contributed by atoms with van der Waals surface area (Å²) in [6.45, 7) is 0.242. The third-order valence-corrected chi connectivity index (χ3v) is 5.84. The molecule has 3 rings (SSSR count). The number of nitrogens with one attached hydrogen (secondary N) is 2. The highest BCUT2D eigenvalue weighted by atomic mass is 16.5. The maximum absolute atomic E-state index is 13.7. The van der Waals surface area contributed by atoms with E-state index >= 15 is 0 Å². The minimum atomic E-state index is -1.44. The molecule has 0 spiro atoms. The second-order valence-corrected chi connectivity index (χ2v) is 8.51. The van der Waals surface area contributed by atoms with Crippen LogP contribution in [0.2, 0.25) is 0 Å². The predicted molar refractivity (Wildman–Crippen MR) is 136 cm³/mol. The van der Waals surface area contributed by atoms with Gasteiger partial charge in [-0.05, 0) is 24.3 Å². The summed E-state index contributed by atoms with van der Waals surface area (Å²) in [4.78, 5) is 89.1. The van der Waals surface area contributed by atoms with Crippen molar-refractivity contribution in [1.82, 2.24) is 10.6 Å². The molecular formula is C26H26N4O9. The molecule has 204 valence electrons. The van der Waals surface area contributed by atoms with Crippen LogP contribution >= 0.6 is 0 Å². The molecule has 0 radical (unpaired) electrons. The molecule has 13 nitrogen and oxygen atoms in total. The summed E-state index contributed by atoms with van der Waals surface area (Å²) >= 11 is 0. The number of hydrogen-bond acceptors (Lipinski definition) is 8. The Hall–Kier alpha value is -5.07. The SMILES string of the molecule is COc1ccccc1C(=O)C(=O)NC1CN(C(C)=O)c2ccccc2N(CC(=O)NC(C=O)CC(=O)O)C1=O. The number of amides is 4. The van der Waals surface area contributed by atoms with Gasteiger partial charge in [-0.1, -0.05) is 24.3 Å². The third kappa shape index (κ3) is 6.63. The lowest BCUT2D eigenvalue weighted by molar-refractivity contribution is -0.139. The van der Waals surface area contributed by atoms with Gasteiger partial charge in [-0.3, -0.25) is 33.7 Å². The van der Waals surface area contributed by atoms with Crippen LogP contribution in [0.5, 0.6) is 5.75 Å². The zero-order valence-electron chi connectivity index (χ0n) is 21.1. The molecule has 1 aliphatic rings. The lowest BCUT2D eigenvalue weighted by atomic mass is 10.1. The maximum atomic E-state index is 13.7. The zero-order valence-corrected chi connectivity index (χ0v) is 21.1. The fourth-order valence-electron chi connectivity index (χ4n) is 4.05. The fraction of sp³-hybridized carbons (Fsp3) is 0.269. The molecule has 0 aliphatic carbocycles. The van der Waals surface area contributed by atoms with E-state index in [9.17, 15) is 33.6 Å². The van der Waals surface area contributed by atoms with Gasteiger partial charge in [0.25, 0.3) is 17.6 Å². The molecule has 0 saturated heterocycles. The molecule has 0 fully saturated rings. The smallest absolute Gasteiger partial charge is 0.305 e. The van der Waals surface area contributed by atoms with Crippen molar-refractivity contribution in [2.24, 2.45) is 0 Å². The number of fused-ring (bicyclic) bond motifs is 1. The Kier molecular flexibility index (Phi) is 9.10. The maximum Gasteiger partial charge on any atom is 0.305 e. The Balaban J connectivity index is 1.94. The lowest BCUT2D eigenvalue weighted by Crippen LogP contribution is -2.55. The summed E-state index contributed by atoms with van der Waals surface area (Å²) in [5, 5.41) is 13.5. The van der Waals surface area contributed by atoms with Gasteiger partial charge in [0.1, 0.15) is 24.6 Å². The molecule has 1 aliphatic heterocycles. The number of aliphatic carboxylic acids is 1. The summed E-state index contributed by atoms with van der Waals surface area (Å²) < 4.78 is 5.13. The van der Waals surface area contributed by atoms with E-state index in [0.29, 0.717) is 0 Å². The first-order valence-electron chi connectivity index (χ1n) is 11.7. The van der Waals surface area contributed by atoms with Gasteiger partial charge < -0.3 is 30.2 Å². The van der Waals surface area contributed by atoms with E-state index in [1.807, 2.05) is 0 Å². The number of nitrogens with zero attached hydrogens (tertiary/aromatic N) is 2. The Morgan fingerprint density at radius 2 is 1.72 bits per heavy atom. The van der Waals surface area contributed by atoms with Crippen LogP contribution in [0, 0.1) is 0 Å². The number of carbonyl (C=O) groups excluding carboxylic acids is 6. The molecule has 0 saturated carbocycles. The number of ether oxygens (including phenoxy) is 1. The molecule has 2 aromatic rings. The molecule has 3 N–H and O–H groups in total. The normalized spacial score (nSPS) is 15.3. The molecule has 2 unspecified atom stereocenters. The number of benzene rings is 2. The molecule has 1 heterocycles. The second kappa shape index (κ2) is 12.4. The Labute approximate surface area is 222 Å². The van der Waals surface area contributed by atoms with Crippen LogP contribution in [0.25, 0.3) is 0 Å². The van der Waals surface area contributed by atoms with Crippen molar-refractivity contribution >= 4 is 53.0 Å². The van der Waals surface area contributed by atoms with Gasteiger partial charge in [-0.25, -0.2) is 0 Å². The summed E-state index contributed by atoms with van der Waals surface area (Å²) in [5.74, 6) is -5.44. The number of rotatable bonds is 10. The minimum absolute atomic E-state index is 0.0418. The highest BCUT2D eigenvalue weighted by Crippen LogP contribution is 2.33. The zero-order chi connectivity index (χ0) is 28.7. The van der Waals surface area contributed by atoms with E-state index in [2.05, 4.69) is 10.6 Å². The van der Waals surface area contributed by atoms with Crippen LogP contribution < -0.4 is 25.2 Å². The summed E-state index contributed by atoms with van der Waals surface area (Å²) in [5.41, 5.74) is 0.373. The molecule has 4 amide bonds. The van der Waals surface area contributed by atoms with E-state index in [1.165, 1.54) is 49.3 Å². The summed E-state index contributed by atoms with van der Waals surface area (Å²) in [7, 11) is 1.33. The van der Waals surface area contributed by atoms with Gasteiger partial charge >= 0.3 is 5.97 Å². The molecule has 39 heavy (non-hydrogen) atoms. The van der Waals surface area contributed by atoms with Gasteiger partial charge in [0.15, 0.2) is 0 Å². The van der Waals surface area contributed by atoms with Gasteiger partial charge in [-0.15, -0.1) is 0 Å². The second-order valence-electron chi connectivity index (χ2n) is 8.51. The first kappa shape index (κ1) is 28.5. The van der Waals surface area contributed by atoms with Crippen molar-refractivity contribution in [3.63, 3.8) is 0 Å². The number of aldehydes is 1. The standard InChI is InChI=1S/C26H26N4O9/c1-15(32)29-12-18(28-25(37)24(36)17-7-3-6-10-21(17)39-2)26(38)30(20-9-5-4-8-19(20)29)13-22(33)27-16(14-31)11-23(34)35/h3-10,14,16,18H,11-13H2,1-2H3,(H,27,33)(H,28,37)(H,34,35). The van der Waals surface area contributed by atoms with E-state index in [-0.39, 0.29) is 35.5 Å². The van der Waals surface area contributed by atoms with Gasteiger partial charge in [-0.2, -0.15) is 0 Å². The minimum Gasteiger partial charge on any atom is -0.496 e. The van der Waals surface area contributed by atoms with E-state index in [4.69, 9.17) is 9.84 Å². The van der Waals surface area contributed by atoms with E-state index in [0.717, 1.165) is 4.90 Å². The van der Waals surface area contributed by atoms with E-state index in [1.54, 1.807) is 18.2 Å². The molecule has 2 atom stereocenters. The van der Waals surface area contributed by atoms with Gasteiger partial charge in [0.05, 0.1) is 43.1 Å². The van der Waals surface area contributed by atoms with Crippen LogP contribution in [-0.4, -0.2) is 79.1 Å². The van der Waals surface area contributed by atoms with Crippen molar-refractivity contribution in [2.75, 3.05) is 30.0 Å². The number of carboxylic acids is 1. The molecule has 13 heteroatoms. The van der Waals surface area contributed by atoms with Crippen LogP contribution in [0.15, 0.2) is 48.5 Å². The first-order valence-corrected chi connectivity index (χ1v) is 11.7. The average Bonchev–Trinajstić information content (AvgIpc) is 3.02. The topological polar surface area (TPSA) is 179 Å². The number of carbonyl (C=O) groups is 7. The lowest BCUT2D eigenvalue weighted by Gasteiger charge is -2.25. The Morgan fingerprint density at radius 1 is 1.08 bits per heavy atom. The average molecular weight is 539 g/mol. The van der Waals surface area contributed by atoms with Crippen LogP contribution in [0.1, 0.15) is 23.7 Å². The number of anilines is 2. The van der Waals surface area contributed by atoms with Crippen molar-refractivity contribution in [3.05, 3.63) is 54.1 Å². The number of ketones is 1. The largest absolute Gasteiger partial charge is 0.496 e. The Morgan fingerprint density at radius 3 is 2.33 bits per heavy atom. The molecule has 0 bridgehead atoms. The van der Waals surface area contributed by atoms with Crippen molar-refractivity contribution in [2.45, 2.75) is 25.4 Å². The number of methoxy groups -OCH3 is 1. The summed E-state index contributed by atoms with van der Waals surface area (Å²) in [6, 6.07) is 9.43. The number of Topliss-reactive ketones (excluding diaryl/α,β-unsaturated/α-hetero) is 1. The summed E-state index contributed by atoms with van der Waals surface area (Å²) in [6.07, 6.45) is -0.407. The highest BCUT2D eigenvalue weighted by molar-refractivity contribution is 6.43. The van der Waals surface area contributed by atoms with Crippen LogP contribution in [-0.2, 0) is 28.8 Å². The van der Waals surface area contributed by atoms with Gasteiger partial charge in [0.2, 0.25) is 11.8 Å². The van der Waals surface area contributed by atoms with Gasteiger partial charge in [0, 0.05) is 6.92 Å². The third-order valence-electron chi connectivity index (χ3n) is 5.84. The molecule has 2 aromatic carbocycles. The first-order chi connectivity index (χ1) is 18.6. The van der Waals surface area contributed by atoms with Crippen molar-refractivity contribution in [1.29, 1.82) is 0 Å². The van der Waals surface area contributed by atoms with Crippen molar-refractivity contribution in [3.8, 4) is 5.75 Å². The number of carboxylic acid groups (broad SMARTS) is 1.